The number of nitro benzene ring substituents is 1. The van der Waals surface area contributed by atoms with E-state index < -0.39 is 16.7 Å². The number of hydrogen-bond donors (Lipinski definition) is 2. The summed E-state index contributed by atoms with van der Waals surface area (Å²) in [5.74, 6) is -1.09. The Morgan fingerprint density at radius 3 is 2.65 bits per heavy atom. The van der Waals surface area contributed by atoms with Crippen molar-refractivity contribution in [3.63, 3.8) is 0 Å². The normalized spacial score (nSPS) is 9.70. The van der Waals surface area contributed by atoms with Crippen LogP contribution in [0.15, 0.2) is 18.2 Å². The zero-order chi connectivity index (χ0) is 15.1. The summed E-state index contributed by atoms with van der Waals surface area (Å²) in [6.45, 7) is -0.361. The number of rotatable bonds is 6. The van der Waals surface area contributed by atoms with Crippen molar-refractivity contribution in [1.82, 2.24) is 10.8 Å². The van der Waals surface area contributed by atoms with E-state index >= 15 is 0 Å². The molecule has 0 saturated heterocycles. The molecule has 0 fully saturated rings. The molecule has 2 amide bonds. The Morgan fingerprint density at radius 2 is 2.10 bits per heavy atom. The number of likely N-dealkylation sites (N-methyl/N-ethyl adjacent to an activating group) is 1. The van der Waals surface area contributed by atoms with E-state index in [1.54, 1.807) is 0 Å². The number of hydrogen-bond acceptors (Lipinski definition) is 6. The van der Waals surface area contributed by atoms with Crippen molar-refractivity contribution in [3.8, 4) is 5.75 Å². The molecule has 1 rings (SSSR count). The van der Waals surface area contributed by atoms with Gasteiger partial charge in [0.05, 0.1) is 12.0 Å². The van der Waals surface area contributed by atoms with Crippen molar-refractivity contribution in [2.75, 3.05) is 20.8 Å². The first-order valence-electron chi connectivity index (χ1n) is 5.44. The Balaban J connectivity index is 2.76. The van der Waals surface area contributed by atoms with Crippen molar-refractivity contribution in [2.45, 2.75) is 0 Å². The van der Waals surface area contributed by atoms with Crippen LogP contribution in [0, 0.1) is 10.1 Å². The summed E-state index contributed by atoms with van der Waals surface area (Å²) in [6.07, 6.45) is 0. The van der Waals surface area contributed by atoms with Crippen LogP contribution in [-0.2, 0) is 9.63 Å². The minimum Gasteiger partial charge on any atom is -0.490 e. The Labute approximate surface area is 114 Å². The van der Waals surface area contributed by atoms with Crippen LogP contribution in [0.2, 0.25) is 0 Å². The third kappa shape index (κ3) is 3.92. The average Bonchev–Trinajstić information content (AvgIpc) is 2.45. The van der Waals surface area contributed by atoms with Crippen LogP contribution in [0.5, 0.6) is 5.75 Å². The van der Waals surface area contributed by atoms with E-state index in [2.05, 4.69) is 10.2 Å². The molecule has 9 heteroatoms. The molecule has 20 heavy (non-hydrogen) atoms. The van der Waals surface area contributed by atoms with Crippen LogP contribution < -0.4 is 15.5 Å². The lowest BCUT2D eigenvalue weighted by Crippen LogP contribution is -2.31. The molecule has 1 aromatic rings. The van der Waals surface area contributed by atoms with Gasteiger partial charge in [-0.15, -0.1) is 0 Å². The van der Waals surface area contributed by atoms with Gasteiger partial charge in [-0.25, -0.2) is 5.48 Å². The highest BCUT2D eigenvalue weighted by molar-refractivity contribution is 5.94. The van der Waals surface area contributed by atoms with Crippen molar-refractivity contribution < 1.29 is 24.1 Å². The number of ether oxygens (including phenoxy) is 1. The van der Waals surface area contributed by atoms with Gasteiger partial charge in [-0.2, -0.15) is 0 Å². The van der Waals surface area contributed by atoms with Crippen LogP contribution in [0.25, 0.3) is 0 Å². The quantitative estimate of drug-likeness (QED) is 0.560. The molecule has 1 aromatic carbocycles. The number of nitro groups is 1. The van der Waals surface area contributed by atoms with Crippen LogP contribution in [0.1, 0.15) is 10.4 Å². The second-order valence-electron chi connectivity index (χ2n) is 3.54. The monoisotopic (exact) mass is 283 g/mol. The maximum Gasteiger partial charge on any atom is 0.311 e. The molecular formula is C11H13N3O6. The van der Waals surface area contributed by atoms with Crippen molar-refractivity contribution in [1.29, 1.82) is 0 Å². The van der Waals surface area contributed by atoms with E-state index in [4.69, 9.17) is 4.74 Å². The first-order valence-corrected chi connectivity index (χ1v) is 5.44. The molecule has 0 unspecified atom stereocenters. The first kappa shape index (κ1) is 15.4. The number of amides is 2. The van der Waals surface area contributed by atoms with E-state index in [0.29, 0.717) is 0 Å². The number of hydroxylamine groups is 1. The Morgan fingerprint density at radius 1 is 1.40 bits per heavy atom. The second kappa shape index (κ2) is 7.04. The van der Waals surface area contributed by atoms with Gasteiger partial charge in [0, 0.05) is 18.7 Å². The van der Waals surface area contributed by atoms with Crippen LogP contribution in [0.4, 0.5) is 5.69 Å². The summed E-state index contributed by atoms with van der Waals surface area (Å²) >= 11 is 0. The van der Waals surface area contributed by atoms with Gasteiger partial charge in [0.25, 0.3) is 5.91 Å². The van der Waals surface area contributed by atoms with Gasteiger partial charge in [-0.05, 0) is 12.1 Å². The summed E-state index contributed by atoms with van der Waals surface area (Å²) in [7, 11) is 2.70. The zero-order valence-electron chi connectivity index (χ0n) is 10.8. The molecule has 9 nitrogen and oxygen atoms in total. The van der Waals surface area contributed by atoms with E-state index in [9.17, 15) is 19.7 Å². The Bertz CT molecular complexity index is 531. The molecule has 0 bridgehead atoms. The molecule has 0 heterocycles. The maximum atomic E-state index is 11.7. The van der Waals surface area contributed by atoms with E-state index in [0.717, 1.165) is 6.07 Å². The van der Waals surface area contributed by atoms with E-state index in [1.165, 1.54) is 26.3 Å². The summed E-state index contributed by atoms with van der Waals surface area (Å²) < 4.78 is 4.81. The Kier molecular flexibility index (Phi) is 5.42. The summed E-state index contributed by atoms with van der Waals surface area (Å²) in [6, 6.07) is 3.69. The van der Waals surface area contributed by atoms with E-state index in [1.807, 2.05) is 5.48 Å². The maximum absolute atomic E-state index is 11.7. The van der Waals surface area contributed by atoms with Crippen LogP contribution in [-0.4, -0.2) is 37.5 Å². The summed E-state index contributed by atoms with van der Waals surface area (Å²) in [5, 5.41) is 13.1. The second-order valence-corrected chi connectivity index (χ2v) is 3.54. The minimum atomic E-state index is -0.709. The molecule has 0 aliphatic heterocycles. The highest BCUT2D eigenvalue weighted by atomic mass is 16.7. The summed E-state index contributed by atoms with van der Waals surface area (Å²) in [4.78, 5) is 37.3. The molecule has 0 radical (unpaired) electrons. The molecular weight excluding hydrogens is 270 g/mol. The predicted molar refractivity (Wildman–Crippen MR) is 67.1 cm³/mol. The van der Waals surface area contributed by atoms with Crippen molar-refractivity contribution >= 4 is 17.5 Å². The number of carbonyl (C=O) groups excluding carboxylic acids is 2. The fourth-order valence-corrected chi connectivity index (χ4v) is 1.27. The predicted octanol–water partition coefficient (Wildman–Crippen LogP) is 0.0108. The molecule has 108 valence electrons. The van der Waals surface area contributed by atoms with E-state index in [-0.39, 0.29) is 23.6 Å². The van der Waals surface area contributed by atoms with Gasteiger partial charge in [0.1, 0.15) is 0 Å². The van der Waals surface area contributed by atoms with Gasteiger partial charge < -0.3 is 10.1 Å². The fourth-order valence-electron chi connectivity index (χ4n) is 1.27. The molecule has 0 atom stereocenters. The number of carbonyl (C=O) groups is 2. The lowest BCUT2D eigenvalue weighted by atomic mass is 10.2. The fraction of sp³-hybridized carbons (Fsp3) is 0.273. The zero-order valence-corrected chi connectivity index (χ0v) is 10.8. The molecule has 0 saturated carbocycles. The Hall–Kier alpha value is -2.68. The van der Waals surface area contributed by atoms with Gasteiger partial charge >= 0.3 is 5.69 Å². The number of benzene rings is 1. The minimum absolute atomic E-state index is 0.00871. The number of nitrogens with zero attached hydrogens (tertiary/aromatic N) is 1. The lowest BCUT2D eigenvalue weighted by Gasteiger charge is -2.06. The topological polar surface area (TPSA) is 120 Å². The standard InChI is InChI=1S/C11H13N3O6/c1-12-10(15)6-20-13-11(16)7-3-4-9(19-2)8(5-7)14(17)18/h3-5H,6H2,1-2H3,(H,12,15)(H,13,16). The summed E-state index contributed by atoms with van der Waals surface area (Å²) in [5.41, 5.74) is 1.67. The van der Waals surface area contributed by atoms with Crippen molar-refractivity contribution in [2.24, 2.45) is 0 Å². The number of nitrogens with one attached hydrogen (secondary N) is 2. The first-order chi connectivity index (χ1) is 9.49. The SMILES string of the molecule is CNC(=O)CONC(=O)c1ccc(OC)c([N+](=O)[O-])c1. The van der Waals surface area contributed by atoms with Gasteiger partial charge in [0.2, 0.25) is 5.91 Å². The van der Waals surface area contributed by atoms with Crippen LogP contribution in [0.3, 0.4) is 0 Å². The molecule has 0 spiro atoms. The highest BCUT2D eigenvalue weighted by Gasteiger charge is 2.18. The van der Waals surface area contributed by atoms with Crippen molar-refractivity contribution in [3.05, 3.63) is 33.9 Å². The molecule has 0 aliphatic rings. The molecule has 0 aliphatic carbocycles. The van der Waals surface area contributed by atoms with Gasteiger partial charge in [-0.1, -0.05) is 0 Å². The van der Waals surface area contributed by atoms with Gasteiger partial charge in [0.15, 0.2) is 12.4 Å². The van der Waals surface area contributed by atoms with Gasteiger partial charge in [-0.3, -0.25) is 24.5 Å². The lowest BCUT2D eigenvalue weighted by molar-refractivity contribution is -0.385. The smallest absolute Gasteiger partial charge is 0.311 e. The highest BCUT2D eigenvalue weighted by Crippen LogP contribution is 2.27. The molecule has 2 N–H and O–H groups in total. The number of methoxy groups -OCH3 is 1. The molecule has 0 aromatic heterocycles. The third-order valence-electron chi connectivity index (χ3n) is 2.28. The average molecular weight is 283 g/mol. The van der Waals surface area contributed by atoms with Crippen LogP contribution >= 0.6 is 0 Å². The largest absolute Gasteiger partial charge is 0.490 e. The third-order valence-corrected chi connectivity index (χ3v) is 2.28.